The summed E-state index contributed by atoms with van der Waals surface area (Å²) in [4.78, 5) is 4.33. The van der Waals surface area contributed by atoms with Crippen molar-refractivity contribution in [2.75, 3.05) is 18.9 Å². The topological polar surface area (TPSA) is 90.7 Å². The number of aromatic nitrogens is 1. The first-order valence-corrected chi connectivity index (χ1v) is 9.61. The van der Waals surface area contributed by atoms with Crippen LogP contribution in [0.2, 0.25) is 0 Å². The van der Waals surface area contributed by atoms with Crippen molar-refractivity contribution >= 4 is 15.7 Å². The highest BCUT2D eigenvalue weighted by Crippen LogP contribution is 2.30. The van der Waals surface area contributed by atoms with Gasteiger partial charge in [-0.2, -0.15) is 0 Å². The molecule has 0 atom stereocenters. The number of hydrogen-bond acceptors (Lipinski definition) is 6. The smallest absolute Gasteiger partial charge is 0.265 e. The molecule has 7 nitrogen and oxygen atoms in total. The molecular weight excluding hydrogens is 368 g/mol. The molecule has 0 aliphatic rings. The Morgan fingerprint density at radius 3 is 2.26 bits per heavy atom. The van der Waals surface area contributed by atoms with Crippen molar-refractivity contribution in [1.29, 1.82) is 0 Å². The van der Waals surface area contributed by atoms with Crippen LogP contribution in [0.15, 0.2) is 51.8 Å². The number of aryl methyl sites for hydroxylation is 2. The standard InChI is InChI=1S/C19H20N2O5S/c1-12-19(20-13(2)26-12)14-5-7-15(8-6-14)21-27(22,23)18-11-16(24-3)9-10-17(18)25-4/h5-11,21H,1-4H3. The molecule has 0 fully saturated rings. The molecule has 8 heteroatoms. The minimum absolute atomic E-state index is 0.00334. The third-order valence-corrected chi connectivity index (χ3v) is 5.38. The number of rotatable bonds is 6. The molecule has 2 aromatic carbocycles. The quantitative estimate of drug-likeness (QED) is 0.691. The Labute approximate surface area is 158 Å². The summed E-state index contributed by atoms with van der Waals surface area (Å²) in [7, 11) is -0.975. The minimum atomic E-state index is -3.86. The van der Waals surface area contributed by atoms with Crippen LogP contribution in [0.4, 0.5) is 5.69 Å². The maximum absolute atomic E-state index is 12.8. The number of methoxy groups -OCH3 is 2. The highest BCUT2D eigenvalue weighted by molar-refractivity contribution is 7.92. The lowest BCUT2D eigenvalue weighted by molar-refractivity contribution is 0.392. The van der Waals surface area contributed by atoms with Gasteiger partial charge in [-0.1, -0.05) is 12.1 Å². The molecule has 1 heterocycles. The first kappa shape index (κ1) is 18.8. The number of nitrogens with one attached hydrogen (secondary N) is 1. The van der Waals surface area contributed by atoms with Crippen molar-refractivity contribution in [2.24, 2.45) is 0 Å². The van der Waals surface area contributed by atoms with Crippen LogP contribution in [-0.4, -0.2) is 27.6 Å². The van der Waals surface area contributed by atoms with Crippen molar-refractivity contribution in [1.82, 2.24) is 4.98 Å². The van der Waals surface area contributed by atoms with Gasteiger partial charge in [0.05, 0.1) is 14.2 Å². The van der Waals surface area contributed by atoms with Gasteiger partial charge in [0, 0.05) is 24.2 Å². The van der Waals surface area contributed by atoms with E-state index >= 15 is 0 Å². The van der Waals surface area contributed by atoms with E-state index in [1.165, 1.54) is 20.3 Å². The van der Waals surface area contributed by atoms with Gasteiger partial charge in [0.1, 0.15) is 27.8 Å². The van der Waals surface area contributed by atoms with Crippen molar-refractivity contribution in [3.05, 3.63) is 54.1 Å². The predicted molar refractivity (Wildman–Crippen MR) is 102 cm³/mol. The second-order valence-electron chi connectivity index (χ2n) is 5.84. The fraction of sp³-hybridized carbons (Fsp3) is 0.211. The lowest BCUT2D eigenvalue weighted by Crippen LogP contribution is -2.14. The summed E-state index contributed by atoms with van der Waals surface area (Å²) in [5, 5.41) is 0. The van der Waals surface area contributed by atoms with Crippen molar-refractivity contribution in [3.63, 3.8) is 0 Å². The summed E-state index contributed by atoms with van der Waals surface area (Å²) in [5.41, 5.74) is 1.99. The molecule has 0 amide bonds. The maximum atomic E-state index is 12.8. The van der Waals surface area contributed by atoms with E-state index < -0.39 is 10.0 Å². The third-order valence-electron chi connectivity index (χ3n) is 3.97. The lowest BCUT2D eigenvalue weighted by atomic mass is 10.1. The van der Waals surface area contributed by atoms with Crippen LogP contribution in [0.5, 0.6) is 11.5 Å². The Balaban J connectivity index is 1.89. The number of ether oxygens (including phenoxy) is 2. The molecule has 0 saturated heterocycles. The third kappa shape index (κ3) is 3.90. The molecule has 27 heavy (non-hydrogen) atoms. The number of sulfonamides is 1. The molecular formula is C19H20N2O5S. The fourth-order valence-corrected chi connectivity index (χ4v) is 3.94. The zero-order valence-corrected chi connectivity index (χ0v) is 16.3. The lowest BCUT2D eigenvalue weighted by Gasteiger charge is -2.13. The summed E-state index contributed by atoms with van der Waals surface area (Å²) >= 11 is 0. The van der Waals surface area contributed by atoms with E-state index in [1.807, 2.05) is 6.92 Å². The number of anilines is 1. The zero-order valence-electron chi connectivity index (χ0n) is 15.4. The summed E-state index contributed by atoms with van der Waals surface area (Å²) in [6.45, 7) is 3.61. The van der Waals surface area contributed by atoms with E-state index in [9.17, 15) is 8.42 Å². The summed E-state index contributed by atoms with van der Waals surface area (Å²) in [5.74, 6) is 1.94. The predicted octanol–water partition coefficient (Wildman–Crippen LogP) is 3.78. The summed E-state index contributed by atoms with van der Waals surface area (Å²) < 4.78 is 43.8. The highest BCUT2D eigenvalue weighted by Gasteiger charge is 2.21. The Kier molecular flexibility index (Phi) is 5.09. The first-order valence-electron chi connectivity index (χ1n) is 8.13. The van der Waals surface area contributed by atoms with Gasteiger partial charge in [-0.15, -0.1) is 0 Å². The summed E-state index contributed by atoms with van der Waals surface area (Å²) in [6, 6.07) is 11.5. The van der Waals surface area contributed by atoms with Crippen LogP contribution in [0.25, 0.3) is 11.3 Å². The molecule has 142 valence electrons. The molecule has 0 aliphatic heterocycles. The number of oxazole rings is 1. The molecule has 3 aromatic rings. The van der Waals surface area contributed by atoms with Gasteiger partial charge in [-0.05, 0) is 31.2 Å². The molecule has 1 N–H and O–H groups in total. The number of benzene rings is 2. The highest BCUT2D eigenvalue weighted by atomic mass is 32.2. The second-order valence-corrected chi connectivity index (χ2v) is 7.49. The van der Waals surface area contributed by atoms with Gasteiger partial charge >= 0.3 is 0 Å². The average Bonchev–Trinajstić information content (AvgIpc) is 2.99. The average molecular weight is 388 g/mol. The normalized spacial score (nSPS) is 11.3. The van der Waals surface area contributed by atoms with Crippen LogP contribution in [0.3, 0.4) is 0 Å². The maximum Gasteiger partial charge on any atom is 0.265 e. The van der Waals surface area contributed by atoms with Crippen LogP contribution in [-0.2, 0) is 10.0 Å². The second kappa shape index (κ2) is 7.32. The molecule has 0 saturated carbocycles. The molecule has 0 spiro atoms. The van der Waals surface area contributed by atoms with Crippen LogP contribution >= 0.6 is 0 Å². The van der Waals surface area contributed by atoms with Crippen molar-refractivity contribution in [2.45, 2.75) is 18.7 Å². The largest absolute Gasteiger partial charge is 0.497 e. The van der Waals surface area contributed by atoms with Gasteiger partial charge < -0.3 is 13.9 Å². The van der Waals surface area contributed by atoms with E-state index in [2.05, 4.69) is 9.71 Å². The van der Waals surface area contributed by atoms with Crippen molar-refractivity contribution < 1.29 is 22.3 Å². The zero-order chi connectivity index (χ0) is 19.6. The minimum Gasteiger partial charge on any atom is -0.497 e. The van der Waals surface area contributed by atoms with E-state index in [4.69, 9.17) is 13.9 Å². The molecule has 0 unspecified atom stereocenters. The Morgan fingerprint density at radius 1 is 1.00 bits per heavy atom. The van der Waals surface area contributed by atoms with E-state index in [1.54, 1.807) is 43.3 Å². The molecule has 1 aromatic heterocycles. The van der Waals surface area contributed by atoms with Gasteiger partial charge in [-0.3, -0.25) is 4.72 Å². The van der Waals surface area contributed by atoms with Gasteiger partial charge in [0.2, 0.25) is 0 Å². The molecule has 0 bridgehead atoms. The van der Waals surface area contributed by atoms with Crippen LogP contribution < -0.4 is 14.2 Å². The number of nitrogens with zero attached hydrogens (tertiary/aromatic N) is 1. The van der Waals surface area contributed by atoms with Crippen molar-refractivity contribution in [3.8, 4) is 22.8 Å². The van der Waals surface area contributed by atoms with Gasteiger partial charge in [0.25, 0.3) is 10.0 Å². The Bertz CT molecular complexity index is 1060. The van der Waals surface area contributed by atoms with Crippen LogP contribution in [0.1, 0.15) is 11.7 Å². The Hall–Kier alpha value is -3.00. The molecule has 0 aliphatic carbocycles. The van der Waals surface area contributed by atoms with E-state index in [0.29, 0.717) is 23.1 Å². The van der Waals surface area contributed by atoms with Crippen LogP contribution in [0, 0.1) is 13.8 Å². The fourth-order valence-electron chi connectivity index (χ4n) is 2.70. The van der Waals surface area contributed by atoms with E-state index in [0.717, 1.165) is 11.3 Å². The molecule has 0 radical (unpaired) electrons. The first-order chi connectivity index (χ1) is 12.8. The monoisotopic (exact) mass is 388 g/mol. The van der Waals surface area contributed by atoms with Gasteiger partial charge in [0.15, 0.2) is 5.89 Å². The number of hydrogen-bond donors (Lipinski definition) is 1. The molecule has 3 rings (SSSR count). The van der Waals surface area contributed by atoms with Gasteiger partial charge in [-0.25, -0.2) is 13.4 Å². The summed E-state index contributed by atoms with van der Waals surface area (Å²) in [6.07, 6.45) is 0. The van der Waals surface area contributed by atoms with E-state index in [-0.39, 0.29) is 10.6 Å². The Morgan fingerprint density at radius 2 is 1.70 bits per heavy atom. The SMILES string of the molecule is COc1ccc(OC)c(S(=O)(=O)Nc2ccc(-c3nc(C)oc3C)cc2)c1.